The van der Waals surface area contributed by atoms with Gasteiger partial charge in [-0.25, -0.2) is 4.39 Å². The maximum absolute atomic E-state index is 15.1. The zero-order chi connectivity index (χ0) is 25.5. The average molecular weight is 505 g/mol. The Morgan fingerprint density at radius 2 is 1.56 bits per heavy atom. The molecule has 0 amide bonds. The lowest BCUT2D eigenvalue weighted by molar-refractivity contribution is -0.153. The molecule has 2 fully saturated rings. The predicted molar refractivity (Wildman–Crippen MR) is 138 cm³/mol. The van der Waals surface area contributed by atoms with Crippen molar-refractivity contribution in [3.05, 3.63) is 53.8 Å². The lowest BCUT2D eigenvalue weighted by atomic mass is 9.63. The minimum absolute atomic E-state index is 0.121. The summed E-state index contributed by atoms with van der Waals surface area (Å²) < 4.78 is 56.9. The number of alkyl halides is 3. The SMILES string of the molecule is CCCCCCCC1CCC2CC(c3ccc(-c4ccc(OCC(F)(F)F)cc4)c(F)c3)CCC2C1. The van der Waals surface area contributed by atoms with E-state index in [4.69, 9.17) is 4.74 Å². The summed E-state index contributed by atoms with van der Waals surface area (Å²) in [6.07, 6.45) is 11.5. The van der Waals surface area contributed by atoms with Gasteiger partial charge < -0.3 is 4.74 Å². The largest absolute Gasteiger partial charge is 0.484 e. The third-order valence-corrected chi connectivity index (χ3v) is 8.47. The van der Waals surface area contributed by atoms with Crippen molar-refractivity contribution in [3.8, 4) is 16.9 Å². The van der Waals surface area contributed by atoms with Gasteiger partial charge in [-0.3, -0.25) is 0 Å². The molecule has 0 spiro atoms. The van der Waals surface area contributed by atoms with E-state index < -0.39 is 12.8 Å². The van der Waals surface area contributed by atoms with Crippen LogP contribution in [0.2, 0.25) is 0 Å². The highest BCUT2D eigenvalue weighted by Gasteiger charge is 2.36. The van der Waals surface area contributed by atoms with Crippen LogP contribution in [0.5, 0.6) is 5.75 Å². The number of hydrogen-bond donors (Lipinski definition) is 0. The fourth-order valence-electron chi connectivity index (χ4n) is 6.50. The molecule has 2 saturated carbocycles. The van der Waals surface area contributed by atoms with Crippen molar-refractivity contribution in [2.24, 2.45) is 17.8 Å². The summed E-state index contributed by atoms with van der Waals surface area (Å²) in [6.45, 7) is 0.931. The molecule has 0 radical (unpaired) electrons. The van der Waals surface area contributed by atoms with Gasteiger partial charge in [0.2, 0.25) is 0 Å². The summed E-state index contributed by atoms with van der Waals surface area (Å²) in [5.74, 6) is 2.79. The first-order chi connectivity index (χ1) is 17.3. The van der Waals surface area contributed by atoms with Crippen LogP contribution in [0.15, 0.2) is 42.5 Å². The molecule has 0 saturated heterocycles. The number of halogens is 4. The molecular formula is C31H40F4O. The number of unbranched alkanes of at least 4 members (excludes halogenated alkanes) is 4. The molecule has 2 aromatic carbocycles. The monoisotopic (exact) mass is 504 g/mol. The second-order valence-corrected chi connectivity index (χ2v) is 11.1. The minimum atomic E-state index is -4.38. The van der Waals surface area contributed by atoms with Crippen molar-refractivity contribution in [1.82, 2.24) is 0 Å². The number of ether oxygens (including phenoxy) is 1. The van der Waals surface area contributed by atoms with Crippen LogP contribution in [-0.2, 0) is 0 Å². The van der Waals surface area contributed by atoms with E-state index in [9.17, 15) is 13.2 Å². The minimum Gasteiger partial charge on any atom is -0.484 e. The molecule has 2 aliphatic carbocycles. The van der Waals surface area contributed by atoms with E-state index in [1.807, 2.05) is 12.1 Å². The van der Waals surface area contributed by atoms with Crippen LogP contribution in [0.25, 0.3) is 11.1 Å². The Kier molecular flexibility index (Phi) is 9.35. The molecular weight excluding hydrogens is 464 g/mol. The van der Waals surface area contributed by atoms with Crippen LogP contribution in [-0.4, -0.2) is 12.8 Å². The van der Waals surface area contributed by atoms with Gasteiger partial charge >= 0.3 is 6.18 Å². The van der Waals surface area contributed by atoms with Crippen LogP contribution in [0, 0.1) is 23.6 Å². The van der Waals surface area contributed by atoms with E-state index >= 15 is 4.39 Å². The van der Waals surface area contributed by atoms with E-state index in [0.717, 1.165) is 36.2 Å². The first-order valence-electron chi connectivity index (χ1n) is 13.9. The van der Waals surface area contributed by atoms with Crippen LogP contribution in [0.3, 0.4) is 0 Å². The highest BCUT2D eigenvalue weighted by molar-refractivity contribution is 5.65. The first kappa shape index (κ1) is 27.0. The van der Waals surface area contributed by atoms with E-state index in [1.165, 1.54) is 76.3 Å². The molecule has 1 nitrogen and oxygen atoms in total. The molecule has 4 rings (SSSR count). The average Bonchev–Trinajstić information content (AvgIpc) is 2.87. The van der Waals surface area contributed by atoms with Crippen molar-refractivity contribution < 1.29 is 22.3 Å². The van der Waals surface area contributed by atoms with E-state index in [2.05, 4.69) is 6.92 Å². The van der Waals surface area contributed by atoms with E-state index in [-0.39, 0.29) is 11.6 Å². The van der Waals surface area contributed by atoms with Gasteiger partial charge in [-0.15, -0.1) is 0 Å². The molecule has 0 N–H and O–H groups in total. The normalized spacial score (nSPS) is 24.4. The molecule has 4 unspecified atom stereocenters. The number of hydrogen-bond acceptors (Lipinski definition) is 1. The standard InChI is InChI=1S/C31H40F4O/c1-2-3-4-5-6-7-22-8-9-25-19-26(11-10-24(25)18-22)27-14-17-29(30(32)20-27)23-12-15-28(16-13-23)36-21-31(33,34)35/h12-17,20,22,24-26H,2-11,18-19,21H2,1H3. The number of fused-ring (bicyclic) bond motifs is 1. The highest BCUT2D eigenvalue weighted by Crippen LogP contribution is 2.48. The quantitative estimate of drug-likeness (QED) is 0.231. The van der Waals surface area contributed by atoms with Crippen molar-refractivity contribution in [3.63, 3.8) is 0 Å². The molecule has 5 heteroatoms. The lowest BCUT2D eigenvalue weighted by Crippen LogP contribution is -2.30. The van der Waals surface area contributed by atoms with Crippen molar-refractivity contribution in [2.45, 2.75) is 96.1 Å². The van der Waals surface area contributed by atoms with Gasteiger partial charge in [0, 0.05) is 5.56 Å². The Balaban J connectivity index is 1.30. The summed E-state index contributed by atoms with van der Waals surface area (Å²) in [4.78, 5) is 0. The van der Waals surface area contributed by atoms with Gasteiger partial charge in [-0.1, -0.05) is 76.1 Å². The fraction of sp³-hybridized carbons (Fsp3) is 0.613. The van der Waals surface area contributed by atoms with Crippen molar-refractivity contribution in [1.29, 1.82) is 0 Å². The maximum atomic E-state index is 15.1. The molecule has 4 atom stereocenters. The number of benzene rings is 2. The third kappa shape index (κ3) is 7.49. The Morgan fingerprint density at radius 3 is 2.28 bits per heavy atom. The second kappa shape index (κ2) is 12.5. The molecule has 36 heavy (non-hydrogen) atoms. The molecule has 0 aliphatic heterocycles. The second-order valence-electron chi connectivity index (χ2n) is 11.1. The van der Waals surface area contributed by atoms with Crippen LogP contribution < -0.4 is 4.74 Å². The lowest BCUT2D eigenvalue weighted by Gasteiger charge is -2.42. The summed E-state index contributed by atoms with van der Waals surface area (Å²) in [5, 5.41) is 0. The van der Waals surface area contributed by atoms with E-state index in [0.29, 0.717) is 17.0 Å². The van der Waals surface area contributed by atoms with Crippen molar-refractivity contribution in [2.75, 3.05) is 6.61 Å². The topological polar surface area (TPSA) is 9.23 Å². The number of rotatable bonds is 10. The zero-order valence-electron chi connectivity index (χ0n) is 21.5. The van der Waals surface area contributed by atoms with Gasteiger partial charge in [-0.2, -0.15) is 13.2 Å². The molecule has 0 aromatic heterocycles. The van der Waals surface area contributed by atoms with Gasteiger partial charge in [0.15, 0.2) is 6.61 Å². The third-order valence-electron chi connectivity index (χ3n) is 8.47. The zero-order valence-corrected chi connectivity index (χ0v) is 21.5. The summed E-state index contributed by atoms with van der Waals surface area (Å²) in [7, 11) is 0. The smallest absolute Gasteiger partial charge is 0.422 e. The Hall–Kier alpha value is -2.04. The summed E-state index contributed by atoms with van der Waals surface area (Å²) in [6, 6.07) is 11.7. The Bertz CT molecular complexity index is 952. The van der Waals surface area contributed by atoms with Gasteiger partial charge in [0.05, 0.1) is 0 Å². The van der Waals surface area contributed by atoms with E-state index in [1.54, 1.807) is 18.2 Å². The molecule has 2 aliphatic rings. The summed E-state index contributed by atoms with van der Waals surface area (Å²) in [5.41, 5.74) is 2.18. The molecule has 0 heterocycles. The van der Waals surface area contributed by atoms with Gasteiger partial charge in [0.25, 0.3) is 0 Å². The van der Waals surface area contributed by atoms with Crippen LogP contribution >= 0.6 is 0 Å². The highest BCUT2D eigenvalue weighted by atomic mass is 19.4. The summed E-state index contributed by atoms with van der Waals surface area (Å²) >= 11 is 0. The Labute approximate surface area is 213 Å². The predicted octanol–water partition coefficient (Wildman–Crippen LogP) is 10.1. The van der Waals surface area contributed by atoms with Gasteiger partial charge in [-0.05, 0) is 85.1 Å². The van der Waals surface area contributed by atoms with Crippen LogP contribution in [0.4, 0.5) is 17.6 Å². The van der Waals surface area contributed by atoms with Crippen molar-refractivity contribution >= 4 is 0 Å². The maximum Gasteiger partial charge on any atom is 0.422 e. The molecule has 0 bridgehead atoms. The van der Waals surface area contributed by atoms with Gasteiger partial charge in [0.1, 0.15) is 11.6 Å². The molecule has 2 aromatic rings. The molecule has 198 valence electrons. The first-order valence-corrected chi connectivity index (χ1v) is 13.9. The Morgan fingerprint density at radius 1 is 0.833 bits per heavy atom. The fourth-order valence-corrected chi connectivity index (χ4v) is 6.50. The van der Waals surface area contributed by atoms with Crippen LogP contribution in [0.1, 0.15) is 95.5 Å².